The molecule has 0 aliphatic carbocycles. The van der Waals surface area contributed by atoms with E-state index in [0.717, 1.165) is 24.2 Å². The maximum Gasteiger partial charge on any atom is 0.142 e. The summed E-state index contributed by atoms with van der Waals surface area (Å²) < 4.78 is 5.79. The lowest BCUT2D eigenvalue weighted by atomic mass is 10.0. The zero-order valence-corrected chi connectivity index (χ0v) is 11.0. The summed E-state index contributed by atoms with van der Waals surface area (Å²) in [5.74, 6) is 0. The minimum absolute atomic E-state index is 0.849. The lowest BCUT2D eigenvalue weighted by molar-refractivity contribution is 0.605. The minimum atomic E-state index is 0.849. The molecule has 96 valence electrons. The van der Waals surface area contributed by atoms with Crippen molar-refractivity contribution >= 4 is 11.0 Å². The van der Waals surface area contributed by atoms with Crippen molar-refractivity contribution in [1.29, 1.82) is 0 Å². The summed E-state index contributed by atoms with van der Waals surface area (Å²) in [6.45, 7) is 3.92. The molecule has 0 aliphatic heterocycles. The number of rotatable bonds is 4. The molecule has 1 heterocycles. The van der Waals surface area contributed by atoms with Crippen molar-refractivity contribution < 1.29 is 4.42 Å². The summed E-state index contributed by atoms with van der Waals surface area (Å²) in [7, 11) is 0. The molecule has 0 unspecified atom stereocenters. The van der Waals surface area contributed by atoms with Crippen LogP contribution in [0.1, 0.15) is 12.5 Å². The van der Waals surface area contributed by atoms with Gasteiger partial charge in [-0.25, -0.2) is 0 Å². The number of para-hydroxylation sites is 1. The second-order valence-corrected chi connectivity index (χ2v) is 4.59. The van der Waals surface area contributed by atoms with E-state index in [1.807, 2.05) is 12.3 Å². The molecule has 0 amide bonds. The van der Waals surface area contributed by atoms with Gasteiger partial charge >= 0.3 is 0 Å². The van der Waals surface area contributed by atoms with Gasteiger partial charge < -0.3 is 9.73 Å². The zero-order valence-electron chi connectivity index (χ0n) is 11.0. The topological polar surface area (TPSA) is 25.2 Å². The first kappa shape index (κ1) is 12.0. The third-order valence-electron chi connectivity index (χ3n) is 3.33. The number of hydrogen-bond acceptors (Lipinski definition) is 2. The minimum Gasteiger partial charge on any atom is -0.463 e. The molecule has 0 aliphatic rings. The fraction of sp³-hybridized carbons (Fsp3) is 0.176. The molecule has 3 rings (SSSR count). The number of hydrogen-bond donors (Lipinski definition) is 1. The summed E-state index contributed by atoms with van der Waals surface area (Å²) in [5.41, 5.74) is 4.54. The third-order valence-corrected chi connectivity index (χ3v) is 3.33. The van der Waals surface area contributed by atoms with E-state index >= 15 is 0 Å². The van der Waals surface area contributed by atoms with Gasteiger partial charge in [0.05, 0.1) is 6.26 Å². The zero-order chi connectivity index (χ0) is 13.1. The first-order valence-corrected chi connectivity index (χ1v) is 6.65. The van der Waals surface area contributed by atoms with E-state index in [1.54, 1.807) is 0 Å². The maximum absolute atomic E-state index is 5.79. The van der Waals surface area contributed by atoms with Crippen molar-refractivity contribution in [2.24, 2.45) is 0 Å². The van der Waals surface area contributed by atoms with Gasteiger partial charge in [0.1, 0.15) is 5.58 Å². The SMILES string of the molecule is CCNCc1coc2c(-c3ccccc3)cccc12. The largest absolute Gasteiger partial charge is 0.463 e. The predicted octanol–water partition coefficient (Wildman–Crippen LogP) is 4.21. The average Bonchev–Trinajstić information content (AvgIpc) is 2.89. The van der Waals surface area contributed by atoms with Gasteiger partial charge in [-0.2, -0.15) is 0 Å². The van der Waals surface area contributed by atoms with E-state index in [0.29, 0.717) is 0 Å². The monoisotopic (exact) mass is 251 g/mol. The van der Waals surface area contributed by atoms with Crippen molar-refractivity contribution in [3.05, 3.63) is 60.4 Å². The summed E-state index contributed by atoms with van der Waals surface area (Å²) in [5, 5.41) is 4.54. The normalized spacial score (nSPS) is 11.0. The van der Waals surface area contributed by atoms with Crippen LogP contribution in [0.15, 0.2) is 59.2 Å². The van der Waals surface area contributed by atoms with E-state index < -0.39 is 0 Å². The lowest BCUT2D eigenvalue weighted by Crippen LogP contribution is -2.11. The van der Waals surface area contributed by atoms with Crippen LogP contribution in [0.25, 0.3) is 22.1 Å². The molecular weight excluding hydrogens is 234 g/mol. The van der Waals surface area contributed by atoms with Crippen molar-refractivity contribution in [3.8, 4) is 11.1 Å². The molecule has 2 nitrogen and oxygen atoms in total. The standard InChI is InChI=1S/C17H17NO/c1-2-18-11-14-12-19-17-15(9-6-10-16(14)17)13-7-4-3-5-8-13/h3-10,12,18H,2,11H2,1H3. The Bertz CT molecular complexity index is 670. The fourth-order valence-electron chi connectivity index (χ4n) is 2.35. The van der Waals surface area contributed by atoms with Crippen LogP contribution in [0, 0.1) is 0 Å². The fourth-order valence-corrected chi connectivity index (χ4v) is 2.35. The second-order valence-electron chi connectivity index (χ2n) is 4.59. The Morgan fingerprint density at radius 1 is 1.00 bits per heavy atom. The Labute approximate surface area is 113 Å². The molecule has 2 aromatic carbocycles. The molecule has 1 N–H and O–H groups in total. The Kier molecular flexibility index (Phi) is 3.34. The molecule has 0 fully saturated rings. The molecule has 19 heavy (non-hydrogen) atoms. The van der Waals surface area contributed by atoms with Crippen LogP contribution in [0.4, 0.5) is 0 Å². The molecule has 0 atom stereocenters. The number of fused-ring (bicyclic) bond motifs is 1. The smallest absolute Gasteiger partial charge is 0.142 e. The first-order valence-electron chi connectivity index (χ1n) is 6.65. The predicted molar refractivity (Wildman–Crippen MR) is 79.0 cm³/mol. The number of furan rings is 1. The van der Waals surface area contributed by atoms with E-state index in [-0.39, 0.29) is 0 Å². The van der Waals surface area contributed by atoms with Crippen LogP contribution in [0.5, 0.6) is 0 Å². The van der Waals surface area contributed by atoms with Crippen LogP contribution < -0.4 is 5.32 Å². The van der Waals surface area contributed by atoms with Crippen LogP contribution in [-0.4, -0.2) is 6.54 Å². The van der Waals surface area contributed by atoms with Gasteiger partial charge in [0, 0.05) is 23.1 Å². The number of benzene rings is 2. The molecule has 0 saturated carbocycles. The first-order chi connectivity index (χ1) is 9.40. The van der Waals surface area contributed by atoms with Gasteiger partial charge in [-0.05, 0) is 12.1 Å². The van der Waals surface area contributed by atoms with Gasteiger partial charge in [-0.3, -0.25) is 0 Å². The third kappa shape index (κ3) is 2.27. The molecular formula is C17H17NO. The van der Waals surface area contributed by atoms with Crippen molar-refractivity contribution in [3.63, 3.8) is 0 Å². The molecule has 0 bridgehead atoms. The lowest BCUT2D eigenvalue weighted by Gasteiger charge is -2.03. The Hall–Kier alpha value is -2.06. The number of nitrogens with one attached hydrogen (secondary N) is 1. The van der Waals surface area contributed by atoms with Gasteiger partial charge in [-0.15, -0.1) is 0 Å². The van der Waals surface area contributed by atoms with Crippen LogP contribution in [0.2, 0.25) is 0 Å². The van der Waals surface area contributed by atoms with Gasteiger partial charge in [0.15, 0.2) is 0 Å². The maximum atomic E-state index is 5.79. The highest BCUT2D eigenvalue weighted by atomic mass is 16.3. The quantitative estimate of drug-likeness (QED) is 0.751. The molecule has 0 saturated heterocycles. The van der Waals surface area contributed by atoms with E-state index in [9.17, 15) is 0 Å². The van der Waals surface area contributed by atoms with Crippen LogP contribution >= 0.6 is 0 Å². The van der Waals surface area contributed by atoms with Crippen molar-refractivity contribution in [1.82, 2.24) is 5.32 Å². The highest BCUT2D eigenvalue weighted by Gasteiger charge is 2.10. The molecule has 2 heteroatoms. The summed E-state index contributed by atoms with van der Waals surface area (Å²) in [4.78, 5) is 0. The Morgan fingerprint density at radius 2 is 1.84 bits per heavy atom. The van der Waals surface area contributed by atoms with E-state index in [1.165, 1.54) is 16.5 Å². The Morgan fingerprint density at radius 3 is 2.63 bits per heavy atom. The van der Waals surface area contributed by atoms with E-state index in [2.05, 4.69) is 54.7 Å². The Balaban J connectivity index is 2.10. The highest BCUT2D eigenvalue weighted by molar-refractivity contribution is 5.94. The molecule has 0 radical (unpaired) electrons. The van der Waals surface area contributed by atoms with Gasteiger partial charge in [-0.1, -0.05) is 55.5 Å². The molecule has 0 spiro atoms. The van der Waals surface area contributed by atoms with E-state index in [4.69, 9.17) is 4.42 Å². The summed E-state index contributed by atoms with van der Waals surface area (Å²) in [6.07, 6.45) is 1.86. The summed E-state index contributed by atoms with van der Waals surface area (Å²) >= 11 is 0. The van der Waals surface area contributed by atoms with Crippen molar-refractivity contribution in [2.45, 2.75) is 13.5 Å². The molecule has 1 aromatic heterocycles. The van der Waals surface area contributed by atoms with Crippen LogP contribution in [0.3, 0.4) is 0 Å². The summed E-state index contributed by atoms with van der Waals surface area (Å²) in [6, 6.07) is 16.7. The highest BCUT2D eigenvalue weighted by Crippen LogP contribution is 2.31. The van der Waals surface area contributed by atoms with Crippen molar-refractivity contribution in [2.75, 3.05) is 6.54 Å². The average molecular weight is 251 g/mol. The second kappa shape index (κ2) is 5.29. The molecule has 3 aromatic rings. The van der Waals surface area contributed by atoms with Gasteiger partial charge in [0.25, 0.3) is 0 Å². The van der Waals surface area contributed by atoms with Gasteiger partial charge in [0.2, 0.25) is 0 Å². The van der Waals surface area contributed by atoms with Crippen LogP contribution in [-0.2, 0) is 6.54 Å².